The number of fused-ring (bicyclic) bond motifs is 4. The smallest absolute Gasteiger partial charge is 0.319 e. The number of nitrogens with one attached hydrogen (secondary N) is 1. The third-order valence-corrected chi connectivity index (χ3v) is 7.66. The zero-order valence-electron chi connectivity index (χ0n) is 22.7. The van der Waals surface area contributed by atoms with Gasteiger partial charge >= 0.3 is 6.01 Å². The van der Waals surface area contributed by atoms with Crippen LogP contribution in [0.3, 0.4) is 0 Å². The third kappa shape index (κ3) is 3.69. The van der Waals surface area contributed by atoms with Crippen molar-refractivity contribution in [2.24, 2.45) is 0 Å². The summed E-state index contributed by atoms with van der Waals surface area (Å²) in [7, 11) is 4.39. The highest BCUT2D eigenvalue weighted by atomic mass is 35.5. The van der Waals surface area contributed by atoms with E-state index in [1.54, 1.807) is 36.4 Å². The Balaban J connectivity index is 1.73. The Morgan fingerprint density at radius 1 is 0.951 bits per heavy atom. The van der Waals surface area contributed by atoms with Gasteiger partial charge in [-0.3, -0.25) is 14.5 Å². The Labute approximate surface area is 245 Å². The molecule has 2 amide bonds. The van der Waals surface area contributed by atoms with E-state index in [0.29, 0.717) is 49.8 Å². The van der Waals surface area contributed by atoms with Gasteiger partial charge in [0, 0.05) is 33.5 Å². The largest absolute Gasteiger partial charge is 0.495 e. The Hall–Kier alpha value is -4.35. The number of carbonyl (C=O) groups is 2. The van der Waals surface area contributed by atoms with Crippen molar-refractivity contribution in [1.82, 2.24) is 19.5 Å². The lowest BCUT2D eigenvalue weighted by Gasteiger charge is -2.36. The topological polar surface area (TPSA) is 121 Å². The Bertz CT molecular complexity index is 1760. The standard InChI is InChI=1S/C28H24Cl2N6O5/c1-13(2)35-22-21(33-23(35)16-12-31-27(41-5)34-24(16)40-4)25(37)36(19-11-15(30)7-9-20(19)39-3)28(22)17-8-6-14(29)10-18(17)32-26(28)38/h6-13H,1-5H3,(H,32,38). The van der Waals surface area contributed by atoms with Crippen molar-refractivity contribution < 1.29 is 23.8 Å². The van der Waals surface area contributed by atoms with E-state index in [-0.39, 0.29) is 23.6 Å². The maximum atomic E-state index is 14.5. The highest BCUT2D eigenvalue weighted by Crippen LogP contribution is 2.56. The van der Waals surface area contributed by atoms with Crippen molar-refractivity contribution in [3.63, 3.8) is 0 Å². The molecule has 6 rings (SSSR count). The number of carbonyl (C=O) groups excluding carboxylic acids is 2. The predicted molar refractivity (Wildman–Crippen MR) is 152 cm³/mol. The lowest BCUT2D eigenvalue weighted by atomic mass is 9.87. The average Bonchev–Trinajstić information content (AvgIpc) is 3.56. The van der Waals surface area contributed by atoms with Crippen LogP contribution in [-0.4, -0.2) is 52.7 Å². The summed E-state index contributed by atoms with van der Waals surface area (Å²) in [6.45, 7) is 3.86. The van der Waals surface area contributed by atoms with Crippen LogP contribution in [-0.2, 0) is 10.3 Å². The van der Waals surface area contributed by atoms with Gasteiger partial charge in [0.25, 0.3) is 11.8 Å². The number of rotatable bonds is 6. The number of benzene rings is 2. The van der Waals surface area contributed by atoms with Gasteiger partial charge in [-0.25, -0.2) is 9.97 Å². The molecule has 0 saturated carbocycles. The van der Waals surface area contributed by atoms with Crippen LogP contribution in [0, 0.1) is 0 Å². The molecular formula is C28H24Cl2N6O5. The van der Waals surface area contributed by atoms with E-state index in [4.69, 9.17) is 42.4 Å². The van der Waals surface area contributed by atoms with Crippen LogP contribution in [0.1, 0.15) is 41.6 Å². The van der Waals surface area contributed by atoms with E-state index in [9.17, 15) is 9.59 Å². The van der Waals surface area contributed by atoms with E-state index < -0.39 is 17.4 Å². The summed E-state index contributed by atoms with van der Waals surface area (Å²) < 4.78 is 18.2. The molecule has 2 aromatic carbocycles. The molecule has 0 saturated heterocycles. The average molecular weight is 595 g/mol. The maximum Gasteiger partial charge on any atom is 0.319 e. The molecule has 0 radical (unpaired) electrons. The van der Waals surface area contributed by atoms with Crippen LogP contribution in [0.2, 0.25) is 10.0 Å². The fourth-order valence-corrected chi connectivity index (χ4v) is 5.94. The Morgan fingerprint density at radius 3 is 2.37 bits per heavy atom. The maximum absolute atomic E-state index is 14.5. The fourth-order valence-electron chi connectivity index (χ4n) is 5.60. The molecule has 1 unspecified atom stereocenters. The predicted octanol–water partition coefficient (Wildman–Crippen LogP) is 5.11. The number of amides is 2. The molecule has 2 aliphatic heterocycles. The summed E-state index contributed by atoms with van der Waals surface area (Å²) in [4.78, 5) is 43.6. The van der Waals surface area contributed by atoms with Crippen LogP contribution in [0.5, 0.6) is 17.6 Å². The van der Waals surface area contributed by atoms with E-state index in [1.807, 2.05) is 18.4 Å². The molecule has 11 nitrogen and oxygen atoms in total. The number of aromatic nitrogens is 4. The van der Waals surface area contributed by atoms with Gasteiger partial charge in [0.15, 0.2) is 11.2 Å². The minimum atomic E-state index is -1.68. The van der Waals surface area contributed by atoms with Gasteiger partial charge in [-0.05, 0) is 44.2 Å². The quantitative estimate of drug-likeness (QED) is 0.327. The van der Waals surface area contributed by atoms with Crippen molar-refractivity contribution in [3.05, 3.63) is 69.6 Å². The molecule has 0 fully saturated rings. The normalized spacial score (nSPS) is 17.2. The molecule has 1 N–H and O–H groups in total. The van der Waals surface area contributed by atoms with Crippen molar-refractivity contribution in [2.45, 2.75) is 25.4 Å². The van der Waals surface area contributed by atoms with E-state index in [2.05, 4.69) is 15.3 Å². The molecule has 13 heteroatoms. The summed E-state index contributed by atoms with van der Waals surface area (Å²) in [5.41, 5.74) is 0.479. The Morgan fingerprint density at radius 2 is 1.68 bits per heavy atom. The number of hydrogen-bond donors (Lipinski definition) is 1. The first kappa shape index (κ1) is 26.9. The van der Waals surface area contributed by atoms with Gasteiger partial charge in [0.1, 0.15) is 11.6 Å². The first-order valence-electron chi connectivity index (χ1n) is 12.5. The van der Waals surface area contributed by atoms with E-state index in [1.165, 1.54) is 32.4 Å². The molecule has 1 spiro atoms. The highest BCUT2D eigenvalue weighted by molar-refractivity contribution is 6.32. The number of ether oxygens (including phenoxy) is 3. The Kier molecular flexibility index (Phi) is 6.31. The summed E-state index contributed by atoms with van der Waals surface area (Å²) in [5.74, 6) is -0.0858. The second-order valence-corrected chi connectivity index (χ2v) is 10.6. The molecule has 41 heavy (non-hydrogen) atoms. The zero-order valence-corrected chi connectivity index (χ0v) is 24.2. The number of nitrogens with zero attached hydrogens (tertiary/aromatic N) is 5. The van der Waals surface area contributed by atoms with Gasteiger partial charge in [-0.2, -0.15) is 4.98 Å². The second-order valence-electron chi connectivity index (χ2n) is 9.69. The summed E-state index contributed by atoms with van der Waals surface area (Å²) in [5, 5.41) is 3.72. The molecule has 210 valence electrons. The molecule has 2 aliphatic rings. The SMILES string of the molecule is COc1ncc(-c2nc3c(n2C(C)C)C2(C(=O)Nc4cc(Cl)ccc42)N(c2cc(Cl)ccc2OC)C3=O)c(OC)n1. The van der Waals surface area contributed by atoms with Gasteiger partial charge in [-0.15, -0.1) is 0 Å². The molecule has 4 heterocycles. The van der Waals surface area contributed by atoms with Crippen molar-refractivity contribution in [3.8, 4) is 29.0 Å². The third-order valence-electron chi connectivity index (χ3n) is 7.19. The molecule has 2 aromatic heterocycles. The van der Waals surface area contributed by atoms with Crippen molar-refractivity contribution in [2.75, 3.05) is 31.5 Å². The summed E-state index contributed by atoms with van der Waals surface area (Å²) in [6, 6.07) is 9.77. The summed E-state index contributed by atoms with van der Waals surface area (Å²) >= 11 is 12.7. The number of halogens is 2. The van der Waals surface area contributed by atoms with Crippen molar-refractivity contribution >= 4 is 46.4 Å². The van der Waals surface area contributed by atoms with E-state index >= 15 is 0 Å². The number of methoxy groups -OCH3 is 3. The van der Waals surface area contributed by atoms with Gasteiger partial charge in [-0.1, -0.05) is 29.3 Å². The fraction of sp³-hybridized carbons (Fsp3) is 0.250. The monoisotopic (exact) mass is 594 g/mol. The number of hydrogen-bond acceptors (Lipinski definition) is 8. The molecule has 4 aromatic rings. The van der Waals surface area contributed by atoms with Gasteiger partial charge in [0.05, 0.1) is 38.3 Å². The first-order chi connectivity index (χ1) is 19.7. The van der Waals surface area contributed by atoms with Gasteiger partial charge in [0.2, 0.25) is 5.88 Å². The first-order valence-corrected chi connectivity index (χ1v) is 13.3. The molecular weight excluding hydrogens is 571 g/mol. The lowest BCUT2D eigenvalue weighted by molar-refractivity contribution is -0.119. The highest BCUT2D eigenvalue weighted by Gasteiger charge is 2.64. The zero-order chi connectivity index (χ0) is 29.2. The van der Waals surface area contributed by atoms with Crippen LogP contribution in [0.4, 0.5) is 11.4 Å². The lowest BCUT2D eigenvalue weighted by Crippen LogP contribution is -2.51. The molecule has 1 atom stereocenters. The van der Waals surface area contributed by atoms with Gasteiger partial charge < -0.3 is 24.1 Å². The number of imidazole rings is 1. The van der Waals surface area contributed by atoms with Crippen LogP contribution >= 0.6 is 23.2 Å². The van der Waals surface area contributed by atoms with Crippen LogP contribution in [0.15, 0.2) is 42.6 Å². The van der Waals surface area contributed by atoms with Crippen molar-refractivity contribution in [1.29, 1.82) is 0 Å². The molecule has 0 aliphatic carbocycles. The minimum Gasteiger partial charge on any atom is -0.495 e. The minimum absolute atomic E-state index is 0.0755. The van der Waals surface area contributed by atoms with E-state index in [0.717, 1.165) is 0 Å². The number of anilines is 2. The van der Waals surface area contributed by atoms with Crippen LogP contribution < -0.4 is 24.4 Å². The van der Waals surface area contributed by atoms with Crippen LogP contribution in [0.25, 0.3) is 11.4 Å². The molecule has 0 bridgehead atoms. The summed E-state index contributed by atoms with van der Waals surface area (Å²) in [6.07, 6.45) is 1.51. The second kappa shape index (κ2) is 9.64.